The fourth-order valence-electron chi connectivity index (χ4n) is 0.493. The minimum absolute atomic E-state index is 6.82. The van der Waals surface area contributed by atoms with E-state index >= 15 is 0 Å². The summed E-state index contributed by atoms with van der Waals surface area (Å²) in [7, 11) is -14.1. The van der Waals surface area contributed by atoms with Crippen LogP contribution < -0.4 is 0 Å². The van der Waals surface area contributed by atoms with E-state index in [0.29, 0.717) is 0 Å². The summed E-state index contributed by atoms with van der Waals surface area (Å²) >= 11 is 0. The third-order valence-electron chi connectivity index (χ3n) is 1.38. The Kier molecular flexibility index (Phi) is 3.56. The van der Waals surface area contributed by atoms with Crippen LogP contribution in [0.25, 0.3) is 0 Å². The SMILES string of the molecule is O=S(=O)(O)C(F)(F)C(F)(F)C(F)(F)S(=O)(=O)O. The molecule has 0 aliphatic carbocycles. The Morgan fingerprint density at radius 2 is 0.824 bits per heavy atom. The van der Waals surface area contributed by atoms with Gasteiger partial charge in [0.25, 0.3) is 0 Å². The van der Waals surface area contributed by atoms with Crippen LogP contribution in [0, 0.1) is 0 Å². The topological polar surface area (TPSA) is 109 Å². The molecule has 0 aromatic carbocycles. The monoisotopic (exact) mass is 312 g/mol. The van der Waals surface area contributed by atoms with Gasteiger partial charge in [-0.25, -0.2) is 0 Å². The first kappa shape index (κ1) is 16.4. The van der Waals surface area contributed by atoms with Crippen molar-refractivity contribution >= 4 is 20.2 Å². The lowest BCUT2D eigenvalue weighted by Crippen LogP contribution is -2.60. The van der Waals surface area contributed by atoms with Crippen LogP contribution in [0.1, 0.15) is 0 Å². The van der Waals surface area contributed by atoms with Gasteiger partial charge in [0.15, 0.2) is 0 Å². The summed E-state index contributed by atoms with van der Waals surface area (Å²) in [6.07, 6.45) is 0. The van der Waals surface area contributed by atoms with Gasteiger partial charge >= 0.3 is 36.7 Å². The van der Waals surface area contributed by atoms with Crippen LogP contribution in [-0.2, 0) is 20.2 Å². The van der Waals surface area contributed by atoms with E-state index in [9.17, 15) is 43.2 Å². The van der Waals surface area contributed by atoms with Crippen molar-refractivity contribution in [2.45, 2.75) is 16.4 Å². The van der Waals surface area contributed by atoms with E-state index in [2.05, 4.69) is 0 Å². The van der Waals surface area contributed by atoms with Crippen LogP contribution in [0.15, 0.2) is 0 Å². The summed E-state index contributed by atoms with van der Waals surface area (Å²) in [4.78, 5) is 0. The second-order valence-electron chi connectivity index (χ2n) is 2.56. The van der Waals surface area contributed by atoms with Crippen LogP contribution >= 0.6 is 0 Å². The summed E-state index contributed by atoms with van der Waals surface area (Å²) in [6.45, 7) is 0. The second kappa shape index (κ2) is 3.69. The number of alkyl halides is 6. The minimum Gasteiger partial charge on any atom is -0.281 e. The molecule has 0 spiro atoms. The normalized spacial score (nSPS) is 16.0. The largest absolute Gasteiger partial charge is 0.439 e. The highest BCUT2D eigenvalue weighted by atomic mass is 32.2. The number of halogens is 6. The molecule has 0 rings (SSSR count). The molecule has 0 atom stereocenters. The summed E-state index contributed by atoms with van der Waals surface area (Å²) < 4.78 is 128. The molecule has 0 aliphatic rings. The molecule has 0 fully saturated rings. The molecular formula is C3H2F6O6S2. The van der Waals surface area contributed by atoms with E-state index in [-0.39, 0.29) is 0 Å². The van der Waals surface area contributed by atoms with Crippen molar-refractivity contribution < 1.29 is 52.3 Å². The van der Waals surface area contributed by atoms with Crippen LogP contribution in [0.4, 0.5) is 26.3 Å². The summed E-state index contributed by atoms with van der Waals surface area (Å²) in [5, 5.41) is -13.6. The maximum atomic E-state index is 12.4. The fourth-order valence-corrected chi connectivity index (χ4v) is 1.46. The molecule has 0 aromatic heterocycles. The van der Waals surface area contributed by atoms with Crippen molar-refractivity contribution in [1.82, 2.24) is 0 Å². The average Bonchev–Trinajstić information content (AvgIpc) is 1.98. The van der Waals surface area contributed by atoms with Gasteiger partial charge in [0.05, 0.1) is 0 Å². The molecule has 0 heterocycles. The summed E-state index contributed by atoms with van der Waals surface area (Å²) in [5.41, 5.74) is 0. The summed E-state index contributed by atoms with van der Waals surface area (Å²) in [5.74, 6) is -7.08. The molecule has 17 heavy (non-hydrogen) atoms. The molecule has 14 heteroatoms. The van der Waals surface area contributed by atoms with Crippen LogP contribution in [0.2, 0.25) is 0 Å². The summed E-state index contributed by atoms with van der Waals surface area (Å²) in [6, 6.07) is 0. The Morgan fingerprint density at radius 1 is 0.647 bits per heavy atom. The molecule has 104 valence electrons. The van der Waals surface area contributed by atoms with Gasteiger partial charge in [-0.15, -0.1) is 0 Å². The molecule has 0 unspecified atom stereocenters. The van der Waals surface area contributed by atoms with Crippen molar-refractivity contribution in [3.63, 3.8) is 0 Å². The molecule has 0 radical (unpaired) electrons. The quantitative estimate of drug-likeness (QED) is 0.581. The third kappa shape index (κ3) is 2.21. The van der Waals surface area contributed by atoms with Gasteiger partial charge in [0, 0.05) is 0 Å². The Bertz CT molecular complexity index is 458. The fraction of sp³-hybridized carbons (Fsp3) is 1.00. The molecule has 0 saturated carbocycles. The van der Waals surface area contributed by atoms with Crippen LogP contribution in [-0.4, -0.2) is 42.4 Å². The van der Waals surface area contributed by atoms with E-state index in [1.807, 2.05) is 0 Å². The molecule has 0 bridgehead atoms. The van der Waals surface area contributed by atoms with Crippen molar-refractivity contribution in [3.05, 3.63) is 0 Å². The maximum absolute atomic E-state index is 12.4. The first-order valence-corrected chi connectivity index (χ1v) is 5.95. The standard InChI is InChI=1S/C3H2F6O6S2/c4-1(5,2(6,7)16(10,11)12)3(8,9)17(13,14)15/h(H,10,11,12)(H,13,14,15). The lowest BCUT2D eigenvalue weighted by atomic mass is 10.3. The first-order chi connectivity index (χ1) is 7.00. The predicted molar refractivity (Wildman–Crippen MR) is 37.9 cm³/mol. The van der Waals surface area contributed by atoms with Crippen molar-refractivity contribution in [2.24, 2.45) is 0 Å². The van der Waals surface area contributed by atoms with Gasteiger partial charge < -0.3 is 0 Å². The zero-order valence-corrected chi connectivity index (χ0v) is 8.74. The third-order valence-corrected chi connectivity index (χ3v) is 3.19. The smallest absolute Gasteiger partial charge is 0.281 e. The highest BCUT2D eigenvalue weighted by molar-refractivity contribution is 7.88. The highest BCUT2D eigenvalue weighted by Gasteiger charge is 2.82. The number of hydrogen-bond acceptors (Lipinski definition) is 4. The van der Waals surface area contributed by atoms with Crippen molar-refractivity contribution in [2.75, 3.05) is 0 Å². The van der Waals surface area contributed by atoms with Gasteiger partial charge in [-0.2, -0.15) is 43.2 Å². The van der Waals surface area contributed by atoms with Gasteiger partial charge in [0.2, 0.25) is 0 Å². The predicted octanol–water partition coefficient (Wildman–Crippen LogP) is 0.583. The molecule has 0 aromatic rings. The minimum atomic E-state index is -7.08. The Morgan fingerprint density at radius 3 is 0.941 bits per heavy atom. The van der Waals surface area contributed by atoms with E-state index in [1.165, 1.54) is 0 Å². The maximum Gasteiger partial charge on any atom is 0.439 e. The molecule has 0 amide bonds. The molecule has 0 saturated heterocycles. The first-order valence-electron chi connectivity index (χ1n) is 3.07. The molecule has 2 N–H and O–H groups in total. The van der Waals surface area contributed by atoms with Crippen molar-refractivity contribution in [3.8, 4) is 0 Å². The average molecular weight is 312 g/mol. The van der Waals surface area contributed by atoms with E-state index in [0.717, 1.165) is 0 Å². The van der Waals surface area contributed by atoms with E-state index in [1.54, 1.807) is 0 Å². The zero-order chi connectivity index (χ0) is 14.5. The van der Waals surface area contributed by atoms with Gasteiger partial charge in [-0.1, -0.05) is 0 Å². The van der Waals surface area contributed by atoms with E-state index < -0.39 is 36.7 Å². The Hall–Kier alpha value is -0.600. The Labute approximate surface area is 89.7 Å². The second-order valence-corrected chi connectivity index (χ2v) is 5.48. The van der Waals surface area contributed by atoms with Gasteiger partial charge in [0.1, 0.15) is 0 Å². The lowest BCUT2D eigenvalue weighted by Gasteiger charge is -2.28. The molecule has 0 aliphatic heterocycles. The van der Waals surface area contributed by atoms with Gasteiger partial charge in [-0.3, -0.25) is 9.11 Å². The van der Waals surface area contributed by atoms with Crippen LogP contribution in [0.5, 0.6) is 0 Å². The lowest BCUT2D eigenvalue weighted by molar-refractivity contribution is -0.247. The molecule has 6 nitrogen and oxygen atoms in total. The highest BCUT2D eigenvalue weighted by Crippen LogP contribution is 2.50. The zero-order valence-electron chi connectivity index (χ0n) is 7.11. The molecular weight excluding hydrogens is 310 g/mol. The van der Waals surface area contributed by atoms with Gasteiger partial charge in [-0.05, 0) is 0 Å². The number of rotatable bonds is 4. The Balaban J connectivity index is 6.10. The van der Waals surface area contributed by atoms with E-state index in [4.69, 9.17) is 9.11 Å². The van der Waals surface area contributed by atoms with Crippen molar-refractivity contribution in [1.29, 1.82) is 0 Å². The number of hydrogen-bond donors (Lipinski definition) is 2. The van der Waals surface area contributed by atoms with Crippen LogP contribution in [0.3, 0.4) is 0 Å².